The van der Waals surface area contributed by atoms with Crippen LogP contribution in [0.25, 0.3) is 0 Å². The summed E-state index contributed by atoms with van der Waals surface area (Å²) >= 11 is 0. The molecule has 1 saturated heterocycles. The van der Waals surface area contributed by atoms with Crippen LogP contribution in [0, 0.1) is 5.82 Å². The van der Waals surface area contributed by atoms with Crippen molar-refractivity contribution in [3.8, 4) is 0 Å². The van der Waals surface area contributed by atoms with Gasteiger partial charge < -0.3 is 31.2 Å². The van der Waals surface area contributed by atoms with Crippen molar-refractivity contribution in [2.45, 2.75) is 62.9 Å². The van der Waals surface area contributed by atoms with Gasteiger partial charge in [-0.1, -0.05) is 49.7 Å². The Morgan fingerprint density at radius 2 is 1.93 bits per heavy atom. The first-order valence-electron chi connectivity index (χ1n) is 13.3. The fourth-order valence-corrected chi connectivity index (χ4v) is 4.56. The van der Waals surface area contributed by atoms with Gasteiger partial charge >= 0.3 is 12.3 Å². The summed E-state index contributed by atoms with van der Waals surface area (Å²) in [5.74, 6) is -1.04. The molecule has 220 valence electrons. The van der Waals surface area contributed by atoms with E-state index < -0.39 is 42.6 Å². The van der Waals surface area contributed by atoms with E-state index >= 15 is 0 Å². The zero-order valence-corrected chi connectivity index (χ0v) is 22.3. The number of anilines is 1. The van der Waals surface area contributed by atoms with E-state index in [1.165, 1.54) is 12.1 Å². The normalized spacial score (nSPS) is 18.9. The summed E-state index contributed by atoms with van der Waals surface area (Å²) in [5.41, 5.74) is 8.04. The molecule has 1 aliphatic rings. The van der Waals surface area contributed by atoms with E-state index in [2.05, 4.69) is 10.6 Å². The molecule has 2 aromatic rings. The van der Waals surface area contributed by atoms with Crippen molar-refractivity contribution in [1.82, 2.24) is 10.6 Å². The van der Waals surface area contributed by atoms with Crippen LogP contribution in [-0.4, -0.2) is 62.7 Å². The number of hydrogen-bond acceptors (Lipinski definition) is 6. The number of carbonyl (C=O) groups is 2. The highest BCUT2D eigenvalue weighted by atomic mass is 19.4. The molecule has 0 aromatic heterocycles. The minimum absolute atomic E-state index is 0.158. The molecular formula is C28H36F4N4O4. The van der Waals surface area contributed by atoms with Gasteiger partial charge in [0, 0.05) is 23.7 Å². The third-order valence-electron chi connectivity index (χ3n) is 6.67. The van der Waals surface area contributed by atoms with Gasteiger partial charge in [0.1, 0.15) is 19.0 Å². The molecule has 12 heteroatoms. The predicted molar refractivity (Wildman–Crippen MR) is 142 cm³/mol. The number of ether oxygens (including phenoxy) is 2. The van der Waals surface area contributed by atoms with Gasteiger partial charge in [-0.3, -0.25) is 4.79 Å². The van der Waals surface area contributed by atoms with E-state index in [0.29, 0.717) is 24.2 Å². The molecule has 0 aliphatic carbocycles. The van der Waals surface area contributed by atoms with Crippen molar-refractivity contribution in [3.05, 3.63) is 65.5 Å². The number of nitrogens with one attached hydrogen (secondary N) is 3. The number of rotatable bonds is 12. The monoisotopic (exact) mass is 568 g/mol. The van der Waals surface area contributed by atoms with Crippen molar-refractivity contribution < 1.29 is 36.6 Å². The summed E-state index contributed by atoms with van der Waals surface area (Å²) in [4.78, 5) is 24.5. The molecule has 2 amide bonds. The number of nitrogens with two attached hydrogens (primary N) is 1. The molecule has 0 bridgehead atoms. The van der Waals surface area contributed by atoms with Crippen molar-refractivity contribution >= 4 is 17.7 Å². The molecule has 2 aromatic carbocycles. The van der Waals surface area contributed by atoms with Gasteiger partial charge in [0.2, 0.25) is 5.91 Å². The Labute approximate surface area is 231 Å². The van der Waals surface area contributed by atoms with Gasteiger partial charge in [-0.05, 0) is 37.0 Å². The van der Waals surface area contributed by atoms with Crippen LogP contribution < -0.4 is 21.7 Å². The Hall–Kier alpha value is -3.22. The van der Waals surface area contributed by atoms with Crippen LogP contribution in [0.3, 0.4) is 0 Å². The second kappa shape index (κ2) is 15.0. The third-order valence-corrected chi connectivity index (χ3v) is 6.67. The summed E-state index contributed by atoms with van der Waals surface area (Å²) in [7, 11) is 0. The second-order valence-corrected chi connectivity index (χ2v) is 9.75. The summed E-state index contributed by atoms with van der Waals surface area (Å²) in [5, 5.41) is 7.57. The van der Waals surface area contributed by atoms with Gasteiger partial charge in [0.25, 0.3) is 0 Å². The average Bonchev–Trinajstić information content (AvgIpc) is 2.93. The number of alkyl halides is 3. The van der Waals surface area contributed by atoms with Crippen molar-refractivity contribution in [2.75, 3.05) is 31.6 Å². The molecule has 1 unspecified atom stereocenters. The maximum atomic E-state index is 14.8. The molecular weight excluding hydrogens is 532 g/mol. The fourth-order valence-electron chi connectivity index (χ4n) is 4.56. The van der Waals surface area contributed by atoms with E-state index in [0.717, 1.165) is 18.4 Å². The molecule has 1 heterocycles. The molecule has 5 N–H and O–H groups in total. The first-order valence-corrected chi connectivity index (χ1v) is 13.3. The fraction of sp³-hybridized carbons (Fsp3) is 0.500. The standard InChI is InChI=1S/C28H36F4N4O4/c1-2-7-21(18-8-4-3-5-9-18)25(33)26(37)36-24-11-6-10-23(29)22(24)13-12-20-14-34-19(15-39-20)16-40-27(38)35-17-28(30,31)32/h3-6,8-11,19-21,25,34H,2,7,12-17,33H2,1H3,(H,35,38)(H,36,37)/t19-,20+,21?,25-/m0/s1. The summed E-state index contributed by atoms with van der Waals surface area (Å²) in [6, 6.07) is 12.9. The summed E-state index contributed by atoms with van der Waals surface area (Å²) in [6.07, 6.45) is -3.69. The highest BCUT2D eigenvalue weighted by molar-refractivity contribution is 5.96. The van der Waals surface area contributed by atoms with Crippen LogP contribution in [0.2, 0.25) is 0 Å². The van der Waals surface area contributed by atoms with Crippen LogP contribution in [-0.2, 0) is 20.7 Å². The minimum Gasteiger partial charge on any atom is -0.448 e. The lowest BCUT2D eigenvalue weighted by molar-refractivity contribution is -0.124. The Bertz CT molecular complexity index is 1100. The molecule has 4 atom stereocenters. The molecule has 0 spiro atoms. The number of amides is 2. The van der Waals surface area contributed by atoms with Gasteiger partial charge in [-0.15, -0.1) is 0 Å². The second-order valence-electron chi connectivity index (χ2n) is 9.75. The smallest absolute Gasteiger partial charge is 0.407 e. The Kier molecular flexibility index (Phi) is 11.7. The van der Waals surface area contributed by atoms with Crippen molar-refractivity contribution in [1.29, 1.82) is 0 Å². The van der Waals surface area contributed by atoms with E-state index in [1.807, 2.05) is 37.3 Å². The number of benzene rings is 2. The number of hydrogen-bond donors (Lipinski definition) is 4. The highest BCUT2D eigenvalue weighted by Crippen LogP contribution is 2.27. The first-order chi connectivity index (χ1) is 19.1. The van der Waals surface area contributed by atoms with Crippen LogP contribution in [0.1, 0.15) is 43.2 Å². The lowest BCUT2D eigenvalue weighted by atomic mass is 9.87. The zero-order chi connectivity index (χ0) is 29.1. The zero-order valence-electron chi connectivity index (χ0n) is 22.3. The molecule has 1 aliphatic heterocycles. The predicted octanol–water partition coefficient (Wildman–Crippen LogP) is 4.25. The number of morpholine rings is 1. The third kappa shape index (κ3) is 9.76. The van der Waals surface area contributed by atoms with Gasteiger partial charge in [0.15, 0.2) is 0 Å². The van der Waals surface area contributed by atoms with Gasteiger partial charge in [-0.25, -0.2) is 9.18 Å². The molecule has 0 radical (unpaired) electrons. The quantitative estimate of drug-likeness (QED) is 0.285. The maximum absolute atomic E-state index is 14.8. The first kappa shape index (κ1) is 31.3. The Morgan fingerprint density at radius 3 is 2.58 bits per heavy atom. The average molecular weight is 569 g/mol. The molecule has 40 heavy (non-hydrogen) atoms. The van der Waals surface area contributed by atoms with E-state index in [1.54, 1.807) is 11.4 Å². The topological polar surface area (TPSA) is 115 Å². The number of carbonyl (C=O) groups excluding carboxylic acids is 2. The Morgan fingerprint density at radius 1 is 1.18 bits per heavy atom. The van der Waals surface area contributed by atoms with Crippen LogP contribution >= 0.6 is 0 Å². The lowest BCUT2D eigenvalue weighted by Gasteiger charge is -2.30. The maximum Gasteiger partial charge on any atom is 0.407 e. The molecule has 0 saturated carbocycles. The lowest BCUT2D eigenvalue weighted by Crippen LogP contribution is -2.49. The SMILES string of the molecule is CCCC(c1ccccc1)[C@H](N)C(=O)Nc1cccc(F)c1CC[C@@H]1CN[C@H](COC(=O)NCC(F)(F)F)CO1. The summed E-state index contributed by atoms with van der Waals surface area (Å²) in [6.45, 7) is 0.916. The van der Waals surface area contributed by atoms with Crippen molar-refractivity contribution in [2.24, 2.45) is 5.73 Å². The largest absolute Gasteiger partial charge is 0.448 e. The van der Waals surface area contributed by atoms with Gasteiger partial charge in [0.05, 0.1) is 24.8 Å². The molecule has 8 nitrogen and oxygen atoms in total. The van der Waals surface area contributed by atoms with Crippen LogP contribution in [0.5, 0.6) is 0 Å². The van der Waals surface area contributed by atoms with Crippen LogP contribution in [0.15, 0.2) is 48.5 Å². The number of alkyl carbamates (subject to hydrolysis) is 1. The van der Waals surface area contributed by atoms with E-state index in [-0.39, 0.29) is 31.7 Å². The highest BCUT2D eigenvalue weighted by Gasteiger charge is 2.29. The number of halogens is 4. The van der Waals surface area contributed by atoms with E-state index in [4.69, 9.17) is 15.2 Å². The Balaban J connectivity index is 1.51. The minimum atomic E-state index is -4.52. The molecule has 3 rings (SSSR count). The van der Waals surface area contributed by atoms with Crippen molar-refractivity contribution in [3.63, 3.8) is 0 Å². The summed E-state index contributed by atoms with van der Waals surface area (Å²) < 4.78 is 61.9. The van der Waals surface area contributed by atoms with E-state index in [9.17, 15) is 27.2 Å². The molecule has 1 fully saturated rings. The van der Waals surface area contributed by atoms with Crippen LogP contribution in [0.4, 0.5) is 28.0 Å². The van der Waals surface area contributed by atoms with Gasteiger partial charge in [-0.2, -0.15) is 13.2 Å².